The van der Waals surface area contributed by atoms with E-state index in [9.17, 15) is 105 Å². The number of halogens is 24. The highest BCUT2D eigenvalue weighted by atomic mass is 19.4. The second-order valence-corrected chi connectivity index (χ2v) is 11.4. The van der Waals surface area contributed by atoms with Gasteiger partial charge in [-0.1, -0.05) is 35.2 Å². The maximum atomic E-state index is 14.2. The predicted octanol–water partition coefficient (Wildman–Crippen LogP) is 9.21. The standard InChI is InChI=1S/C28H18BF24O4/c1-54-17(21(30,31)32,22(33,34)35)11-5-12(18(55-2,23(36,37)38)24(39,40)41)8-15(7-11)29-16-9-13(19(56-3,25(42,43)44)26(45,46)47)6-14(10-16)20(57-4,27(48,49)50)28(51,52)53/h5-10H,1-4H3. The molecule has 0 N–H and O–H groups in total. The maximum absolute atomic E-state index is 14.2. The summed E-state index contributed by atoms with van der Waals surface area (Å²) in [5.41, 5.74) is -39.3. The Labute approximate surface area is 302 Å². The molecule has 0 fully saturated rings. The van der Waals surface area contributed by atoms with Crippen LogP contribution in [0.2, 0.25) is 0 Å². The minimum atomic E-state index is -6.94. The van der Waals surface area contributed by atoms with Crippen LogP contribution in [0.3, 0.4) is 0 Å². The quantitative estimate of drug-likeness (QED) is 0.176. The number of ether oxygens (including phenoxy) is 4. The Balaban J connectivity index is 3.49. The molecule has 29 heteroatoms. The van der Waals surface area contributed by atoms with E-state index in [0.717, 1.165) is 0 Å². The molecule has 2 rings (SSSR count). The molecule has 0 amide bonds. The van der Waals surface area contributed by atoms with Crippen molar-refractivity contribution in [3.05, 3.63) is 58.7 Å². The second-order valence-electron chi connectivity index (χ2n) is 11.4. The highest BCUT2D eigenvalue weighted by molar-refractivity contribution is 6.67. The number of hydrogen-bond acceptors (Lipinski definition) is 4. The van der Waals surface area contributed by atoms with Crippen molar-refractivity contribution in [3.63, 3.8) is 0 Å². The molecule has 0 atom stereocenters. The fraction of sp³-hybridized carbons (Fsp3) is 0.571. The van der Waals surface area contributed by atoms with Gasteiger partial charge in [-0.05, 0) is 12.1 Å². The molecule has 4 nitrogen and oxygen atoms in total. The van der Waals surface area contributed by atoms with Crippen LogP contribution in [0.25, 0.3) is 0 Å². The lowest BCUT2D eigenvalue weighted by Gasteiger charge is -2.40. The van der Waals surface area contributed by atoms with Crippen LogP contribution in [-0.2, 0) is 41.4 Å². The van der Waals surface area contributed by atoms with Gasteiger partial charge in [-0.25, -0.2) is 0 Å². The molecule has 1 radical (unpaired) electrons. The summed E-state index contributed by atoms with van der Waals surface area (Å²) in [7, 11) is -2.29. The van der Waals surface area contributed by atoms with E-state index in [2.05, 4.69) is 18.9 Å². The fourth-order valence-electron chi connectivity index (χ4n) is 5.82. The van der Waals surface area contributed by atoms with Crippen molar-refractivity contribution >= 4 is 18.2 Å². The van der Waals surface area contributed by atoms with Gasteiger partial charge in [0.05, 0.1) is 0 Å². The zero-order chi connectivity index (χ0) is 45.2. The van der Waals surface area contributed by atoms with Crippen LogP contribution in [0.4, 0.5) is 105 Å². The summed E-state index contributed by atoms with van der Waals surface area (Å²) in [6, 6.07) is -4.94. The second kappa shape index (κ2) is 14.7. The highest BCUT2D eigenvalue weighted by Gasteiger charge is 2.77. The Kier molecular flexibility index (Phi) is 12.9. The Hall–Kier alpha value is -3.34. The van der Waals surface area contributed by atoms with Gasteiger partial charge in [-0.3, -0.25) is 0 Å². The summed E-state index contributed by atoms with van der Waals surface area (Å²) in [5, 5.41) is 0. The van der Waals surface area contributed by atoms with Gasteiger partial charge >= 0.3 is 49.4 Å². The summed E-state index contributed by atoms with van der Waals surface area (Å²) >= 11 is 0. The van der Waals surface area contributed by atoms with E-state index in [0.29, 0.717) is 0 Å². The van der Waals surface area contributed by atoms with Crippen LogP contribution >= 0.6 is 0 Å². The zero-order valence-corrected chi connectivity index (χ0v) is 27.7. The van der Waals surface area contributed by atoms with Gasteiger partial charge in [0.1, 0.15) is 0 Å². The largest absolute Gasteiger partial charge is 0.430 e. The first-order valence-corrected chi connectivity index (χ1v) is 14.0. The van der Waals surface area contributed by atoms with E-state index in [4.69, 9.17) is 0 Å². The fourth-order valence-corrected chi connectivity index (χ4v) is 5.82. The van der Waals surface area contributed by atoms with Crippen LogP contribution in [-0.4, -0.2) is 85.1 Å². The van der Waals surface area contributed by atoms with Crippen LogP contribution in [0.1, 0.15) is 22.3 Å². The van der Waals surface area contributed by atoms with Crippen molar-refractivity contribution in [3.8, 4) is 0 Å². The van der Waals surface area contributed by atoms with Gasteiger partial charge in [0.2, 0.25) is 0 Å². The molecule has 0 unspecified atom stereocenters. The molecule has 0 aliphatic heterocycles. The van der Waals surface area contributed by atoms with Crippen molar-refractivity contribution in [2.45, 2.75) is 71.8 Å². The number of benzene rings is 2. The minimum Gasteiger partial charge on any atom is -0.357 e. The van der Waals surface area contributed by atoms with E-state index in [1.807, 2.05) is 0 Å². The summed E-state index contributed by atoms with van der Waals surface area (Å²) in [6.45, 7) is 0. The SMILES string of the molecule is COC(c1cc([B]c2cc(C(OC)(C(F)(F)F)C(F)(F)F)cc(C(OC)(C(F)(F)F)C(F)(F)F)c2)cc(C(OC)(C(F)(F)F)C(F)(F)F)c1)(C(F)(F)F)C(F)(F)F. The minimum absolute atomic E-state index is 0.429. The summed E-state index contributed by atoms with van der Waals surface area (Å²) in [6.07, 6.45) is -55.5. The molecule has 0 spiro atoms. The summed E-state index contributed by atoms with van der Waals surface area (Å²) < 4.78 is 355. The topological polar surface area (TPSA) is 36.9 Å². The van der Waals surface area contributed by atoms with Crippen molar-refractivity contribution in [1.29, 1.82) is 0 Å². The third-order valence-corrected chi connectivity index (χ3v) is 8.29. The first kappa shape index (κ1) is 49.8. The normalized spacial score (nSPS) is 15.3. The highest BCUT2D eigenvalue weighted by Crippen LogP contribution is 2.58. The molecule has 0 saturated carbocycles. The van der Waals surface area contributed by atoms with Crippen LogP contribution in [0.5, 0.6) is 0 Å². The number of rotatable bonds is 10. The molecule has 0 saturated heterocycles. The van der Waals surface area contributed by atoms with Gasteiger partial charge < -0.3 is 18.9 Å². The van der Waals surface area contributed by atoms with Crippen LogP contribution < -0.4 is 10.9 Å². The molecule has 0 aliphatic carbocycles. The number of methoxy groups -OCH3 is 4. The molecular formula is C28H18BF24O4. The lowest BCUT2D eigenvalue weighted by molar-refractivity contribution is -0.386. The van der Waals surface area contributed by atoms with E-state index >= 15 is 0 Å². The summed E-state index contributed by atoms with van der Waals surface area (Å²) in [5.74, 6) is 0. The van der Waals surface area contributed by atoms with Gasteiger partial charge in [0.25, 0.3) is 22.4 Å². The predicted molar refractivity (Wildman–Crippen MR) is 141 cm³/mol. The van der Waals surface area contributed by atoms with E-state index in [1.165, 1.54) is 0 Å². The van der Waals surface area contributed by atoms with E-state index in [1.54, 1.807) is 0 Å². The van der Waals surface area contributed by atoms with Crippen molar-refractivity contribution in [2.75, 3.05) is 28.4 Å². The third-order valence-electron chi connectivity index (χ3n) is 8.29. The smallest absolute Gasteiger partial charge is 0.357 e. The van der Waals surface area contributed by atoms with Gasteiger partial charge in [-0.15, -0.1) is 0 Å². The Morgan fingerprint density at radius 1 is 0.281 bits per heavy atom. The van der Waals surface area contributed by atoms with Crippen LogP contribution in [0.15, 0.2) is 36.4 Å². The van der Waals surface area contributed by atoms with E-state index in [-0.39, 0.29) is 0 Å². The lowest BCUT2D eigenvalue weighted by atomic mass is 9.61. The number of hydrogen-bond donors (Lipinski definition) is 0. The molecule has 57 heavy (non-hydrogen) atoms. The Morgan fingerprint density at radius 3 is 0.526 bits per heavy atom. The first-order chi connectivity index (χ1) is 25.1. The molecule has 0 aliphatic rings. The lowest BCUT2D eigenvalue weighted by Crippen LogP contribution is -2.58. The van der Waals surface area contributed by atoms with E-state index < -0.39 is 177 Å². The Morgan fingerprint density at radius 2 is 0.421 bits per heavy atom. The van der Waals surface area contributed by atoms with Gasteiger partial charge in [0.15, 0.2) is 7.28 Å². The summed E-state index contributed by atoms with van der Waals surface area (Å²) in [4.78, 5) is 0. The monoisotopic (exact) mass is 885 g/mol. The molecule has 2 aromatic carbocycles. The van der Waals surface area contributed by atoms with Crippen molar-refractivity contribution in [1.82, 2.24) is 0 Å². The molecule has 0 aromatic heterocycles. The molecule has 2 aromatic rings. The Bertz CT molecular complexity index is 1430. The average molecular weight is 885 g/mol. The van der Waals surface area contributed by atoms with Crippen molar-refractivity contribution < 1.29 is 124 Å². The van der Waals surface area contributed by atoms with Gasteiger partial charge in [-0.2, -0.15) is 105 Å². The third kappa shape index (κ3) is 7.68. The molecular weight excluding hydrogens is 867 g/mol. The maximum Gasteiger partial charge on any atom is 0.430 e. The van der Waals surface area contributed by atoms with Crippen LogP contribution in [0, 0.1) is 0 Å². The molecule has 0 heterocycles. The van der Waals surface area contributed by atoms with Gasteiger partial charge in [0, 0.05) is 50.7 Å². The zero-order valence-electron chi connectivity index (χ0n) is 27.7. The average Bonchev–Trinajstić information content (AvgIpc) is 2.93. The number of alkyl halides is 24. The van der Waals surface area contributed by atoms with Crippen molar-refractivity contribution in [2.24, 2.45) is 0 Å². The molecule has 0 bridgehead atoms. The molecule has 325 valence electrons. The first-order valence-electron chi connectivity index (χ1n) is 14.0.